The number of hydrogen-bond donors (Lipinski definition) is 2. The first-order valence-corrected chi connectivity index (χ1v) is 7.39. The fourth-order valence-electron chi connectivity index (χ4n) is 1.56. The highest BCUT2D eigenvalue weighted by atomic mass is 32.2. The number of carboxylic acid groups (broad SMARTS) is 1. The van der Waals surface area contributed by atoms with Crippen molar-refractivity contribution >= 4 is 16.0 Å². The molecule has 2 N–H and O–H groups in total. The van der Waals surface area contributed by atoms with Crippen LogP contribution in [0.5, 0.6) is 0 Å². The Labute approximate surface area is 124 Å². The van der Waals surface area contributed by atoms with Gasteiger partial charge in [-0.25, -0.2) is 13.1 Å². The maximum absolute atomic E-state index is 12.6. The summed E-state index contributed by atoms with van der Waals surface area (Å²) in [4.78, 5) is 9.80. The fourth-order valence-corrected chi connectivity index (χ4v) is 2.66. The minimum Gasteiger partial charge on any atom is -0.481 e. The first kappa shape index (κ1) is 17.9. The molecule has 0 amide bonds. The molecular weight excluding hydrogens is 325 g/mol. The lowest BCUT2D eigenvalue weighted by Gasteiger charge is -2.11. The van der Waals surface area contributed by atoms with Crippen molar-refractivity contribution in [3.05, 3.63) is 29.3 Å². The zero-order valence-electron chi connectivity index (χ0n) is 11.0. The molecule has 0 atom stereocenters. The number of carboxylic acids is 1. The van der Waals surface area contributed by atoms with E-state index in [-0.39, 0.29) is 19.4 Å². The van der Waals surface area contributed by atoms with Gasteiger partial charge in [0, 0.05) is 13.0 Å². The topological polar surface area (TPSA) is 107 Å². The van der Waals surface area contributed by atoms with Gasteiger partial charge in [-0.2, -0.15) is 18.4 Å². The molecule has 1 rings (SSSR count). The molecule has 0 radical (unpaired) electrons. The van der Waals surface area contributed by atoms with Crippen LogP contribution < -0.4 is 4.72 Å². The molecule has 22 heavy (non-hydrogen) atoms. The molecule has 6 nitrogen and oxygen atoms in total. The molecule has 0 bridgehead atoms. The second-order valence-electron chi connectivity index (χ2n) is 4.21. The summed E-state index contributed by atoms with van der Waals surface area (Å²) in [6.07, 6.45) is -4.98. The number of nitrogens with one attached hydrogen (secondary N) is 1. The van der Waals surface area contributed by atoms with Gasteiger partial charge in [-0.1, -0.05) is 0 Å². The number of carbonyl (C=O) groups is 1. The molecule has 120 valence electrons. The second kappa shape index (κ2) is 6.76. The van der Waals surface area contributed by atoms with Crippen LogP contribution in [0.2, 0.25) is 0 Å². The number of halogens is 3. The van der Waals surface area contributed by atoms with Crippen molar-refractivity contribution in [1.29, 1.82) is 5.26 Å². The van der Waals surface area contributed by atoms with Gasteiger partial charge in [-0.3, -0.25) is 4.79 Å². The van der Waals surface area contributed by atoms with Gasteiger partial charge in [-0.15, -0.1) is 0 Å². The Kier molecular flexibility index (Phi) is 5.51. The van der Waals surface area contributed by atoms with Crippen LogP contribution in [-0.4, -0.2) is 26.0 Å². The van der Waals surface area contributed by atoms with Crippen molar-refractivity contribution < 1.29 is 31.5 Å². The molecule has 1 aromatic rings. The molecule has 0 unspecified atom stereocenters. The van der Waals surface area contributed by atoms with Crippen LogP contribution in [0.25, 0.3) is 0 Å². The average molecular weight is 336 g/mol. The normalized spacial score (nSPS) is 11.9. The molecule has 0 aliphatic rings. The standard InChI is InChI=1S/C12H11F3N2O4S/c13-12(14,15)10-4-3-9(6-8(10)7-16)22(20,21)17-5-1-2-11(18)19/h3-4,6,17H,1-2,5H2,(H,18,19). The first-order valence-electron chi connectivity index (χ1n) is 5.91. The molecule has 0 spiro atoms. The third kappa shape index (κ3) is 4.71. The van der Waals surface area contributed by atoms with Gasteiger partial charge in [0.2, 0.25) is 10.0 Å². The van der Waals surface area contributed by atoms with E-state index in [0.717, 1.165) is 6.07 Å². The molecule has 10 heteroatoms. The van der Waals surface area contributed by atoms with E-state index in [0.29, 0.717) is 12.1 Å². The number of alkyl halides is 3. The number of nitrogens with zero attached hydrogens (tertiary/aromatic N) is 1. The van der Waals surface area contributed by atoms with E-state index in [1.54, 1.807) is 0 Å². The summed E-state index contributed by atoms with van der Waals surface area (Å²) in [7, 11) is -4.11. The maximum Gasteiger partial charge on any atom is 0.417 e. The highest BCUT2D eigenvalue weighted by Crippen LogP contribution is 2.32. The van der Waals surface area contributed by atoms with Crippen molar-refractivity contribution in [3.8, 4) is 6.07 Å². The van der Waals surface area contributed by atoms with E-state index in [4.69, 9.17) is 10.4 Å². The van der Waals surface area contributed by atoms with E-state index in [9.17, 15) is 26.4 Å². The van der Waals surface area contributed by atoms with Crippen LogP contribution in [0.4, 0.5) is 13.2 Å². The number of sulfonamides is 1. The monoisotopic (exact) mass is 336 g/mol. The summed E-state index contributed by atoms with van der Waals surface area (Å²) in [6, 6.07) is 3.19. The first-order chi connectivity index (χ1) is 10.1. The summed E-state index contributed by atoms with van der Waals surface area (Å²) in [5.41, 5.74) is -2.03. The van der Waals surface area contributed by atoms with Gasteiger partial charge in [0.25, 0.3) is 0 Å². The molecule has 0 aliphatic heterocycles. The van der Waals surface area contributed by atoms with Crippen molar-refractivity contribution in [2.45, 2.75) is 23.9 Å². The highest BCUT2D eigenvalue weighted by Gasteiger charge is 2.34. The Morgan fingerprint density at radius 1 is 1.36 bits per heavy atom. The molecular formula is C12H11F3N2O4S. The number of nitriles is 1. The average Bonchev–Trinajstić information content (AvgIpc) is 2.41. The Morgan fingerprint density at radius 3 is 2.50 bits per heavy atom. The zero-order chi connectivity index (χ0) is 17.0. The predicted octanol–water partition coefficient (Wildman–Crippen LogP) is 1.72. The van der Waals surface area contributed by atoms with Crippen LogP contribution in [0, 0.1) is 11.3 Å². The quantitative estimate of drug-likeness (QED) is 0.769. The molecule has 0 fully saturated rings. The van der Waals surface area contributed by atoms with Gasteiger partial charge < -0.3 is 5.11 Å². The summed E-state index contributed by atoms with van der Waals surface area (Å²) < 4.78 is 63.6. The van der Waals surface area contributed by atoms with E-state index in [1.807, 2.05) is 0 Å². The number of benzene rings is 1. The van der Waals surface area contributed by atoms with Crippen molar-refractivity contribution in [1.82, 2.24) is 4.72 Å². The van der Waals surface area contributed by atoms with Crippen LogP contribution in [0.3, 0.4) is 0 Å². The van der Waals surface area contributed by atoms with Crippen molar-refractivity contribution in [2.24, 2.45) is 0 Å². The van der Waals surface area contributed by atoms with Crippen LogP contribution >= 0.6 is 0 Å². The van der Waals surface area contributed by atoms with E-state index < -0.39 is 38.2 Å². The van der Waals surface area contributed by atoms with E-state index in [2.05, 4.69) is 4.72 Å². The summed E-state index contributed by atoms with van der Waals surface area (Å²) in [6.45, 7) is -0.183. The summed E-state index contributed by atoms with van der Waals surface area (Å²) >= 11 is 0. The highest BCUT2D eigenvalue weighted by molar-refractivity contribution is 7.89. The largest absolute Gasteiger partial charge is 0.481 e. The smallest absolute Gasteiger partial charge is 0.417 e. The van der Waals surface area contributed by atoms with Gasteiger partial charge in [-0.05, 0) is 24.6 Å². The zero-order valence-corrected chi connectivity index (χ0v) is 11.8. The lowest BCUT2D eigenvalue weighted by Crippen LogP contribution is -2.25. The molecule has 0 saturated heterocycles. The SMILES string of the molecule is N#Cc1cc(S(=O)(=O)NCCCC(=O)O)ccc1C(F)(F)F. The third-order valence-corrected chi connectivity index (χ3v) is 4.05. The Morgan fingerprint density at radius 2 is 2.00 bits per heavy atom. The summed E-state index contributed by atoms with van der Waals surface area (Å²) in [5, 5.41) is 17.1. The molecule has 1 aromatic carbocycles. The fraction of sp³-hybridized carbons (Fsp3) is 0.333. The molecule has 0 aromatic heterocycles. The minimum absolute atomic E-state index is 0.0281. The number of rotatable bonds is 6. The van der Waals surface area contributed by atoms with Crippen molar-refractivity contribution in [2.75, 3.05) is 6.54 Å². The Bertz CT molecular complexity index is 708. The Hall–Kier alpha value is -2.12. The van der Waals surface area contributed by atoms with Crippen LogP contribution in [0.15, 0.2) is 23.1 Å². The van der Waals surface area contributed by atoms with Gasteiger partial charge >= 0.3 is 12.1 Å². The van der Waals surface area contributed by atoms with Crippen LogP contribution in [-0.2, 0) is 21.0 Å². The van der Waals surface area contributed by atoms with Gasteiger partial charge in [0.15, 0.2) is 0 Å². The number of aliphatic carboxylic acids is 1. The molecule has 0 saturated carbocycles. The lowest BCUT2D eigenvalue weighted by molar-refractivity contribution is -0.138. The molecule has 0 heterocycles. The third-order valence-electron chi connectivity index (χ3n) is 2.59. The lowest BCUT2D eigenvalue weighted by atomic mass is 10.1. The summed E-state index contributed by atoms with van der Waals surface area (Å²) in [5.74, 6) is -1.10. The second-order valence-corrected chi connectivity index (χ2v) is 5.98. The van der Waals surface area contributed by atoms with E-state index >= 15 is 0 Å². The number of hydrogen-bond acceptors (Lipinski definition) is 4. The van der Waals surface area contributed by atoms with Crippen LogP contribution in [0.1, 0.15) is 24.0 Å². The van der Waals surface area contributed by atoms with Gasteiger partial charge in [0.1, 0.15) is 0 Å². The molecule has 0 aliphatic carbocycles. The van der Waals surface area contributed by atoms with Gasteiger partial charge in [0.05, 0.1) is 22.1 Å². The van der Waals surface area contributed by atoms with E-state index in [1.165, 1.54) is 6.07 Å². The van der Waals surface area contributed by atoms with Crippen molar-refractivity contribution in [3.63, 3.8) is 0 Å². The Balaban J connectivity index is 2.97. The minimum atomic E-state index is -4.76. The predicted molar refractivity (Wildman–Crippen MR) is 68.2 cm³/mol. The maximum atomic E-state index is 12.6.